The third kappa shape index (κ3) is 1.97. The van der Waals surface area contributed by atoms with Gasteiger partial charge in [0.1, 0.15) is 11.5 Å². The van der Waals surface area contributed by atoms with Gasteiger partial charge in [-0.25, -0.2) is 9.88 Å². The summed E-state index contributed by atoms with van der Waals surface area (Å²) in [4.78, 5) is 30.8. The summed E-state index contributed by atoms with van der Waals surface area (Å²) >= 11 is 0. The number of aromatic nitrogens is 2. The average Bonchev–Trinajstić information content (AvgIpc) is 3.03. The molecule has 2 amide bonds. The first-order valence-corrected chi connectivity index (χ1v) is 7.26. The van der Waals surface area contributed by atoms with Gasteiger partial charge in [-0.05, 0) is 31.2 Å². The fourth-order valence-electron chi connectivity index (χ4n) is 2.89. The number of benzene rings is 2. The first-order chi connectivity index (χ1) is 11.2. The molecule has 0 saturated heterocycles. The molecule has 2 aromatic carbocycles. The van der Waals surface area contributed by atoms with Crippen molar-refractivity contribution in [2.24, 2.45) is 0 Å². The molecule has 0 N–H and O–H groups in total. The van der Waals surface area contributed by atoms with Gasteiger partial charge in [0.15, 0.2) is 0 Å². The van der Waals surface area contributed by atoms with Crippen molar-refractivity contribution in [3.05, 3.63) is 66.5 Å². The number of hydrogen-bond donors (Lipinski definition) is 0. The Morgan fingerprint density at radius 1 is 0.913 bits per heavy atom. The molecule has 0 fully saturated rings. The Labute approximate surface area is 132 Å². The number of carbonyl (C=O) groups is 2. The molecule has 5 heteroatoms. The standard InChI is InChI=1S/C18H13N3O2/c1-12-19-14-9-5-6-10-15(14)20(12)16-11-17(22)21(18(16)23)13-7-3-2-4-8-13/h2-11H,1H3. The number of carbonyl (C=O) groups excluding carboxylic acids is 2. The van der Waals surface area contributed by atoms with Crippen LogP contribution in [0.1, 0.15) is 5.82 Å². The molecule has 1 aliphatic rings. The number of imidazole rings is 1. The molecule has 0 radical (unpaired) electrons. The molecule has 0 aliphatic carbocycles. The van der Waals surface area contributed by atoms with Gasteiger partial charge in [-0.3, -0.25) is 14.2 Å². The van der Waals surface area contributed by atoms with Crippen LogP contribution in [0.15, 0.2) is 60.7 Å². The monoisotopic (exact) mass is 303 g/mol. The highest BCUT2D eigenvalue weighted by Gasteiger charge is 2.34. The number of anilines is 1. The van der Waals surface area contributed by atoms with E-state index in [1.54, 1.807) is 28.8 Å². The van der Waals surface area contributed by atoms with E-state index in [9.17, 15) is 9.59 Å². The van der Waals surface area contributed by atoms with E-state index in [-0.39, 0.29) is 11.8 Å². The molecule has 23 heavy (non-hydrogen) atoms. The van der Waals surface area contributed by atoms with Crippen molar-refractivity contribution < 1.29 is 9.59 Å². The maximum atomic E-state index is 12.8. The molecule has 2 heterocycles. The van der Waals surface area contributed by atoms with Crippen LogP contribution < -0.4 is 4.90 Å². The minimum Gasteiger partial charge on any atom is -0.291 e. The lowest BCUT2D eigenvalue weighted by atomic mass is 10.3. The summed E-state index contributed by atoms with van der Waals surface area (Å²) in [5.74, 6) is -0.00524. The van der Waals surface area contributed by atoms with Crippen LogP contribution >= 0.6 is 0 Å². The normalized spacial score (nSPS) is 14.7. The van der Waals surface area contributed by atoms with Gasteiger partial charge >= 0.3 is 0 Å². The Kier molecular flexibility index (Phi) is 2.87. The van der Waals surface area contributed by atoms with Gasteiger partial charge < -0.3 is 0 Å². The Hall–Kier alpha value is -3.21. The van der Waals surface area contributed by atoms with E-state index >= 15 is 0 Å². The number of hydrogen-bond acceptors (Lipinski definition) is 3. The van der Waals surface area contributed by atoms with Crippen molar-refractivity contribution in [1.29, 1.82) is 0 Å². The zero-order valence-corrected chi connectivity index (χ0v) is 12.4. The van der Waals surface area contributed by atoms with Gasteiger partial charge in [0.05, 0.1) is 16.7 Å². The van der Waals surface area contributed by atoms with Crippen LogP contribution in [0.5, 0.6) is 0 Å². The maximum absolute atomic E-state index is 12.8. The second-order valence-electron chi connectivity index (χ2n) is 5.33. The highest BCUT2D eigenvalue weighted by Crippen LogP contribution is 2.28. The molecule has 0 spiro atoms. The Balaban J connectivity index is 1.84. The topological polar surface area (TPSA) is 55.2 Å². The lowest BCUT2D eigenvalue weighted by molar-refractivity contribution is -0.119. The molecule has 4 rings (SSSR count). The van der Waals surface area contributed by atoms with Crippen molar-refractivity contribution in [1.82, 2.24) is 9.55 Å². The molecule has 5 nitrogen and oxygen atoms in total. The summed E-state index contributed by atoms with van der Waals surface area (Å²) in [7, 11) is 0. The van der Waals surface area contributed by atoms with Crippen molar-refractivity contribution in [3.63, 3.8) is 0 Å². The summed E-state index contributed by atoms with van der Waals surface area (Å²) in [6, 6.07) is 16.5. The molecule has 1 aromatic heterocycles. The molecule has 3 aromatic rings. The fourth-order valence-corrected chi connectivity index (χ4v) is 2.89. The van der Waals surface area contributed by atoms with Crippen LogP contribution in [-0.4, -0.2) is 21.4 Å². The number of imide groups is 1. The Morgan fingerprint density at radius 3 is 2.39 bits per heavy atom. The molecule has 0 bridgehead atoms. The molecule has 1 aliphatic heterocycles. The number of para-hydroxylation sites is 3. The maximum Gasteiger partial charge on any atom is 0.282 e. The van der Waals surface area contributed by atoms with Crippen LogP contribution in [0.25, 0.3) is 16.7 Å². The van der Waals surface area contributed by atoms with E-state index in [0.717, 1.165) is 11.0 Å². The summed E-state index contributed by atoms with van der Waals surface area (Å²) in [6.45, 7) is 1.82. The molecule has 112 valence electrons. The van der Waals surface area contributed by atoms with Crippen LogP contribution in [0, 0.1) is 6.92 Å². The largest absolute Gasteiger partial charge is 0.291 e. The first-order valence-electron chi connectivity index (χ1n) is 7.26. The van der Waals surface area contributed by atoms with Crippen molar-refractivity contribution in [2.75, 3.05) is 4.90 Å². The quantitative estimate of drug-likeness (QED) is 0.684. The van der Waals surface area contributed by atoms with Gasteiger partial charge in [-0.2, -0.15) is 0 Å². The van der Waals surface area contributed by atoms with E-state index in [0.29, 0.717) is 17.2 Å². The predicted molar refractivity (Wildman–Crippen MR) is 87.7 cm³/mol. The number of nitrogens with zero attached hydrogens (tertiary/aromatic N) is 3. The summed E-state index contributed by atoms with van der Waals surface area (Å²) < 4.78 is 1.73. The summed E-state index contributed by atoms with van der Waals surface area (Å²) in [5, 5.41) is 0. The molecule has 0 atom stereocenters. The molecular formula is C18H13N3O2. The Morgan fingerprint density at radius 2 is 1.61 bits per heavy atom. The number of amides is 2. The van der Waals surface area contributed by atoms with Crippen LogP contribution in [0.4, 0.5) is 5.69 Å². The zero-order valence-electron chi connectivity index (χ0n) is 12.4. The SMILES string of the molecule is Cc1nc2ccccc2n1C1=CC(=O)N(c2ccccc2)C1=O. The predicted octanol–water partition coefficient (Wildman–Crippen LogP) is 2.76. The Bertz CT molecular complexity index is 970. The van der Waals surface area contributed by atoms with Gasteiger partial charge in [0.25, 0.3) is 11.8 Å². The van der Waals surface area contributed by atoms with Gasteiger partial charge in [-0.15, -0.1) is 0 Å². The van der Waals surface area contributed by atoms with E-state index < -0.39 is 0 Å². The zero-order chi connectivity index (χ0) is 16.0. The van der Waals surface area contributed by atoms with Gasteiger partial charge in [-0.1, -0.05) is 30.3 Å². The average molecular weight is 303 g/mol. The third-order valence-electron chi connectivity index (χ3n) is 3.89. The van der Waals surface area contributed by atoms with E-state index in [1.807, 2.05) is 37.3 Å². The molecule has 0 unspecified atom stereocenters. The van der Waals surface area contributed by atoms with E-state index in [2.05, 4.69) is 4.98 Å². The second kappa shape index (κ2) is 4.91. The molecular weight excluding hydrogens is 290 g/mol. The van der Waals surface area contributed by atoms with E-state index in [4.69, 9.17) is 0 Å². The lowest BCUT2D eigenvalue weighted by Crippen LogP contribution is -2.31. The van der Waals surface area contributed by atoms with Gasteiger partial charge in [0.2, 0.25) is 0 Å². The summed E-state index contributed by atoms with van der Waals surface area (Å²) in [5.41, 5.74) is 2.50. The fraction of sp³-hybridized carbons (Fsp3) is 0.0556. The highest BCUT2D eigenvalue weighted by atomic mass is 16.2. The lowest BCUT2D eigenvalue weighted by Gasteiger charge is -2.15. The van der Waals surface area contributed by atoms with Crippen LogP contribution in [-0.2, 0) is 9.59 Å². The summed E-state index contributed by atoms with van der Waals surface area (Å²) in [6.07, 6.45) is 1.37. The first kappa shape index (κ1) is 13.5. The van der Waals surface area contributed by atoms with Crippen LogP contribution in [0.3, 0.4) is 0 Å². The number of rotatable bonds is 2. The highest BCUT2D eigenvalue weighted by molar-refractivity contribution is 6.41. The minimum atomic E-state index is -0.340. The van der Waals surface area contributed by atoms with Crippen LogP contribution in [0.2, 0.25) is 0 Å². The van der Waals surface area contributed by atoms with Gasteiger partial charge in [0, 0.05) is 6.08 Å². The van der Waals surface area contributed by atoms with Crippen molar-refractivity contribution in [3.8, 4) is 0 Å². The van der Waals surface area contributed by atoms with Crippen molar-refractivity contribution in [2.45, 2.75) is 6.92 Å². The second-order valence-corrected chi connectivity index (χ2v) is 5.33. The minimum absolute atomic E-state index is 0.324. The number of aryl methyl sites for hydroxylation is 1. The molecule has 0 saturated carbocycles. The number of fused-ring (bicyclic) bond motifs is 1. The smallest absolute Gasteiger partial charge is 0.282 e. The third-order valence-corrected chi connectivity index (χ3v) is 3.89. The van der Waals surface area contributed by atoms with Crippen molar-refractivity contribution >= 4 is 34.2 Å². The van der Waals surface area contributed by atoms with E-state index in [1.165, 1.54) is 11.0 Å².